The standard InChI is InChI=1S/C9H20N2O2S/c1-4-5-6-14(12,13)7-9(10)11-8(2)3/h7-8,11H,4-6,10H2,1-3H3. The van der Waals surface area contributed by atoms with Crippen molar-refractivity contribution in [1.29, 1.82) is 0 Å². The second-order valence-electron chi connectivity index (χ2n) is 3.59. The third-order valence-electron chi connectivity index (χ3n) is 1.54. The van der Waals surface area contributed by atoms with Crippen LogP contribution in [0.2, 0.25) is 0 Å². The van der Waals surface area contributed by atoms with E-state index in [0.29, 0.717) is 6.42 Å². The van der Waals surface area contributed by atoms with Gasteiger partial charge in [-0.3, -0.25) is 0 Å². The maximum Gasteiger partial charge on any atom is 0.175 e. The number of sulfone groups is 1. The van der Waals surface area contributed by atoms with E-state index >= 15 is 0 Å². The lowest BCUT2D eigenvalue weighted by Gasteiger charge is -2.09. The molecule has 0 atom stereocenters. The highest BCUT2D eigenvalue weighted by atomic mass is 32.2. The van der Waals surface area contributed by atoms with Gasteiger partial charge in [-0.2, -0.15) is 0 Å². The lowest BCUT2D eigenvalue weighted by molar-refractivity contribution is 0.599. The van der Waals surface area contributed by atoms with Gasteiger partial charge in [-0.15, -0.1) is 0 Å². The summed E-state index contributed by atoms with van der Waals surface area (Å²) in [5.41, 5.74) is 5.50. The normalized spacial score (nSPS) is 13.3. The first-order chi connectivity index (χ1) is 6.37. The molecule has 0 aromatic heterocycles. The van der Waals surface area contributed by atoms with Crippen LogP contribution in [-0.2, 0) is 9.84 Å². The van der Waals surface area contributed by atoms with Crippen LogP contribution in [0.5, 0.6) is 0 Å². The predicted octanol–water partition coefficient (Wildman–Crippen LogP) is 0.957. The molecular weight excluding hydrogens is 200 g/mol. The van der Waals surface area contributed by atoms with Crippen molar-refractivity contribution >= 4 is 9.84 Å². The van der Waals surface area contributed by atoms with Gasteiger partial charge in [0.2, 0.25) is 0 Å². The highest BCUT2D eigenvalue weighted by Crippen LogP contribution is 2.00. The highest BCUT2D eigenvalue weighted by molar-refractivity contribution is 7.94. The molecule has 0 bridgehead atoms. The molecule has 0 aliphatic rings. The maximum atomic E-state index is 11.4. The van der Waals surface area contributed by atoms with Crippen molar-refractivity contribution in [3.8, 4) is 0 Å². The van der Waals surface area contributed by atoms with Crippen LogP contribution in [0.3, 0.4) is 0 Å². The van der Waals surface area contributed by atoms with E-state index in [1.807, 2.05) is 20.8 Å². The average Bonchev–Trinajstić information content (AvgIpc) is 1.98. The van der Waals surface area contributed by atoms with Crippen molar-refractivity contribution in [2.24, 2.45) is 5.73 Å². The van der Waals surface area contributed by atoms with Crippen molar-refractivity contribution in [3.63, 3.8) is 0 Å². The molecule has 0 aromatic carbocycles. The zero-order valence-electron chi connectivity index (χ0n) is 9.08. The number of nitrogens with two attached hydrogens (primary N) is 1. The minimum absolute atomic E-state index is 0.146. The highest BCUT2D eigenvalue weighted by Gasteiger charge is 2.07. The van der Waals surface area contributed by atoms with E-state index in [1.165, 1.54) is 0 Å². The number of hydrogen-bond acceptors (Lipinski definition) is 4. The van der Waals surface area contributed by atoms with Gasteiger partial charge in [-0.05, 0) is 20.3 Å². The van der Waals surface area contributed by atoms with Gasteiger partial charge in [0.25, 0.3) is 0 Å². The largest absolute Gasteiger partial charge is 0.385 e. The summed E-state index contributed by atoms with van der Waals surface area (Å²) < 4.78 is 22.8. The van der Waals surface area contributed by atoms with Crippen LogP contribution in [0, 0.1) is 0 Å². The second-order valence-corrected chi connectivity index (χ2v) is 5.56. The third kappa shape index (κ3) is 6.77. The van der Waals surface area contributed by atoms with Crippen LogP contribution < -0.4 is 11.1 Å². The molecule has 3 N–H and O–H groups in total. The SMILES string of the molecule is CCCCS(=O)(=O)C=C(N)NC(C)C. The van der Waals surface area contributed by atoms with Gasteiger partial charge in [0.05, 0.1) is 11.2 Å². The van der Waals surface area contributed by atoms with Crippen LogP contribution >= 0.6 is 0 Å². The molecule has 0 spiro atoms. The summed E-state index contributed by atoms with van der Waals surface area (Å²) in [5, 5.41) is 3.95. The Balaban J connectivity index is 4.31. The number of rotatable bonds is 6. The Morgan fingerprint density at radius 2 is 2.07 bits per heavy atom. The maximum absolute atomic E-state index is 11.4. The quantitative estimate of drug-likeness (QED) is 0.699. The monoisotopic (exact) mass is 220 g/mol. The molecule has 0 saturated heterocycles. The van der Waals surface area contributed by atoms with Crippen LogP contribution in [-0.4, -0.2) is 20.2 Å². The molecule has 0 aliphatic carbocycles. The Hall–Kier alpha value is -0.710. The molecule has 0 aliphatic heterocycles. The molecule has 0 radical (unpaired) electrons. The summed E-state index contributed by atoms with van der Waals surface area (Å²) >= 11 is 0. The second kappa shape index (κ2) is 5.90. The lowest BCUT2D eigenvalue weighted by atomic mass is 10.4. The molecule has 4 nitrogen and oxygen atoms in total. The molecule has 0 heterocycles. The van der Waals surface area contributed by atoms with E-state index in [9.17, 15) is 8.42 Å². The zero-order valence-corrected chi connectivity index (χ0v) is 9.89. The molecular formula is C9H20N2O2S. The molecule has 0 fully saturated rings. The summed E-state index contributed by atoms with van der Waals surface area (Å²) in [5.74, 6) is 0.389. The Bertz CT molecular complexity index is 281. The van der Waals surface area contributed by atoms with E-state index < -0.39 is 9.84 Å². The first-order valence-corrected chi connectivity index (χ1v) is 6.55. The predicted molar refractivity (Wildman–Crippen MR) is 59.2 cm³/mol. The van der Waals surface area contributed by atoms with Crippen molar-refractivity contribution < 1.29 is 8.42 Å². The van der Waals surface area contributed by atoms with Crippen LogP contribution in [0.4, 0.5) is 0 Å². The molecule has 0 amide bonds. The van der Waals surface area contributed by atoms with Gasteiger partial charge in [0.1, 0.15) is 5.82 Å². The van der Waals surface area contributed by atoms with Gasteiger partial charge in [0, 0.05) is 6.04 Å². The van der Waals surface area contributed by atoms with Crippen molar-refractivity contribution in [2.75, 3.05) is 5.75 Å². The number of unbranched alkanes of at least 4 members (excludes halogenated alkanes) is 1. The topological polar surface area (TPSA) is 72.2 Å². The fourth-order valence-corrected chi connectivity index (χ4v) is 2.23. The lowest BCUT2D eigenvalue weighted by Crippen LogP contribution is -2.27. The van der Waals surface area contributed by atoms with Crippen LogP contribution in [0.1, 0.15) is 33.6 Å². The van der Waals surface area contributed by atoms with Crippen molar-refractivity contribution in [1.82, 2.24) is 5.32 Å². The molecule has 0 unspecified atom stereocenters. The summed E-state index contributed by atoms with van der Waals surface area (Å²) in [4.78, 5) is 0. The Morgan fingerprint density at radius 1 is 1.50 bits per heavy atom. The smallest absolute Gasteiger partial charge is 0.175 e. The van der Waals surface area contributed by atoms with E-state index in [1.54, 1.807) is 0 Å². The average molecular weight is 220 g/mol. The Morgan fingerprint density at radius 3 is 2.50 bits per heavy atom. The van der Waals surface area contributed by atoms with E-state index in [4.69, 9.17) is 5.73 Å². The first kappa shape index (κ1) is 13.3. The fourth-order valence-electron chi connectivity index (χ4n) is 0.965. The van der Waals surface area contributed by atoms with Crippen molar-refractivity contribution in [2.45, 2.75) is 39.7 Å². The van der Waals surface area contributed by atoms with Gasteiger partial charge >= 0.3 is 0 Å². The van der Waals surface area contributed by atoms with Crippen LogP contribution in [0.15, 0.2) is 11.2 Å². The van der Waals surface area contributed by atoms with Gasteiger partial charge in [-0.25, -0.2) is 8.42 Å². The van der Waals surface area contributed by atoms with Gasteiger partial charge in [-0.1, -0.05) is 13.3 Å². The molecule has 5 heteroatoms. The minimum Gasteiger partial charge on any atom is -0.385 e. The fraction of sp³-hybridized carbons (Fsp3) is 0.778. The Labute approximate surface area is 86.5 Å². The van der Waals surface area contributed by atoms with Crippen molar-refractivity contribution in [3.05, 3.63) is 11.2 Å². The summed E-state index contributed by atoms with van der Waals surface area (Å²) in [7, 11) is -3.14. The molecule has 0 aromatic rings. The molecule has 0 rings (SSSR count). The summed E-state index contributed by atoms with van der Waals surface area (Å²) in [6.45, 7) is 5.76. The number of nitrogens with one attached hydrogen (secondary N) is 1. The van der Waals surface area contributed by atoms with E-state index in [-0.39, 0.29) is 17.6 Å². The molecule has 84 valence electrons. The minimum atomic E-state index is -3.14. The van der Waals surface area contributed by atoms with E-state index in [2.05, 4.69) is 5.32 Å². The zero-order chi connectivity index (χ0) is 11.2. The first-order valence-electron chi connectivity index (χ1n) is 4.84. The van der Waals surface area contributed by atoms with E-state index in [0.717, 1.165) is 11.8 Å². The third-order valence-corrected chi connectivity index (χ3v) is 3.02. The van der Waals surface area contributed by atoms with Crippen LogP contribution in [0.25, 0.3) is 0 Å². The van der Waals surface area contributed by atoms with Gasteiger partial charge < -0.3 is 11.1 Å². The Kier molecular flexibility index (Phi) is 5.60. The molecule has 0 saturated carbocycles. The number of hydrogen-bond donors (Lipinski definition) is 2. The molecule has 14 heavy (non-hydrogen) atoms. The van der Waals surface area contributed by atoms with Gasteiger partial charge in [0.15, 0.2) is 9.84 Å². The summed E-state index contributed by atoms with van der Waals surface area (Å²) in [6, 6.07) is 0.146. The summed E-state index contributed by atoms with van der Waals surface area (Å²) in [6.07, 6.45) is 1.54.